The van der Waals surface area contributed by atoms with E-state index in [-0.39, 0.29) is 29.3 Å². The van der Waals surface area contributed by atoms with Gasteiger partial charge in [0, 0.05) is 30.1 Å². The van der Waals surface area contributed by atoms with E-state index < -0.39 is 35.4 Å². The van der Waals surface area contributed by atoms with Gasteiger partial charge in [-0.25, -0.2) is 4.98 Å². The minimum Gasteiger partial charge on any atom is -0.490 e. The van der Waals surface area contributed by atoms with Gasteiger partial charge in [-0.3, -0.25) is 0 Å². The van der Waals surface area contributed by atoms with E-state index in [0.717, 1.165) is 18.2 Å². The first-order chi connectivity index (χ1) is 16.4. The molecule has 4 rings (SSSR count). The summed E-state index contributed by atoms with van der Waals surface area (Å²) in [7, 11) is 0. The molecule has 4 aromatic rings. The number of alkyl halides is 6. The van der Waals surface area contributed by atoms with E-state index in [4.69, 9.17) is 9.26 Å². The predicted octanol–water partition coefficient (Wildman–Crippen LogP) is 6.47. The van der Waals surface area contributed by atoms with Crippen LogP contribution < -0.4 is 4.74 Å². The average molecular weight is 496 g/mol. The van der Waals surface area contributed by atoms with Crippen LogP contribution in [0.3, 0.4) is 0 Å². The highest BCUT2D eigenvalue weighted by molar-refractivity contribution is 5.65. The lowest BCUT2D eigenvalue weighted by atomic mass is 10.0. The van der Waals surface area contributed by atoms with Crippen LogP contribution in [0.2, 0.25) is 0 Å². The fraction of sp³-hybridized carbons (Fsp3) is 0.261. The van der Waals surface area contributed by atoms with E-state index >= 15 is 0 Å². The molecule has 0 N–H and O–H groups in total. The molecule has 184 valence electrons. The predicted molar refractivity (Wildman–Crippen MR) is 112 cm³/mol. The van der Waals surface area contributed by atoms with Gasteiger partial charge in [0.05, 0.1) is 23.6 Å². The number of halogens is 6. The Kier molecular flexibility index (Phi) is 6.30. The van der Waals surface area contributed by atoms with Gasteiger partial charge in [-0.15, -0.1) is 0 Å². The summed E-state index contributed by atoms with van der Waals surface area (Å²) in [5.41, 5.74) is -2.18. The van der Waals surface area contributed by atoms with E-state index in [1.54, 1.807) is 24.6 Å². The van der Waals surface area contributed by atoms with Crippen molar-refractivity contribution < 1.29 is 35.6 Å². The SMILES string of the molecule is CC(C)Oc1ccc(-c2nc(-c3ccc(Cn4ccnc4)cc3C(F)(F)F)no2)cc1C(F)(F)F. The van der Waals surface area contributed by atoms with Crippen LogP contribution in [0, 0.1) is 0 Å². The van der Waals surface area contributed by atoms with Crippen molar-refractivity contribution in [2.75, 3.05) is 0 Å². The number of nitrogens with zero attached hydrogens (tertiary/aromatic N) is 4. The number of rotatable bonds is 6. The maximum atomic E-state index is 13.8. The van der Waals surface area contributed by atoms with Crippen LogP contribution in [0.15, 0.2) is 59.6 Å². The summed E-state index contributed by atoms with van der Waals surface area (Å²) in [6, 6.07) is 6.77. The van der Waals surface area contributed by atoms with Crippen LogP contribution in [0.4, 0.5) is 26.3 Å². The molecule has 2 aromatic carbocycles. The first-order valence-corrected chi connectivity index (χ1v) is 10.3. The van der Waals surface area contributed by atoms with Gasteiger partial charge < -0.3 is 13.8 Å². The van der Waals surface area contributed by atoms with Gasteiger partial charge >= 0.3 is 12.4 Å². The van der Waals surface area contributed by atoms with Crippen molar-refractivity contribution in [2.24, 2.45) is 0 Å². The van der Waals surface area contributed by atoms with E-state index in [9.17, 15) is 26.3 Å². The molecule has 2 aromatic heterocycles. The Morgan fingerprint density at radius 1 is 0.971 bits per heavy atom. The van der Waals surface area contributed by atoms with Crippen LogP contribution in [-0.2, 0) is 18.9 Å². The molecule has 0 aliphatic carbocycles. The zero-order valence-electron chi connectivity index (χ0n) is 18.4. The van der Waals surface area contributed by atoms with Crippen molar-refractivity contribution in [3.63, 3.8) is 0 Å². The summed E-state index contributed by atoms with van der Waals surface area (Å²) in [6.07, 6.45) is -5.39. The standard InChI is InChI=1S/C23H18F6N4O2/c1-13(2)34-19-6-4-15(10-18(19)23(27,28)29)21-31-20(32-35-21)16-5-3-14(9-17(16)22(24,25)26)11-33-8-7-30-12-33/h3-10,12-13H,11H2,1-2H3. The molecule has 12 heteroatoms. The van der Waals surface area contributed by atoms with Gasteiger partial charge in [0.2, 0.25) is 5.82 Å². The van der Waals surface area contributed by atoms with Gasteiger partial charge in [0.1, 0.15) is 5.75 Å². The first-order valence-electron chi connectivity index (χ1n) is 10.3. The Hall–Kier alpha value is -3.83. The van der Waals surface area contributed by atoms with E-state index in [1.807, 2.05) is 0 Å². The maximum absolute atomic E-state index is 13.8. The molecule has 0 aliphatic rings. The van der Waals surface area contributed by atoms with E-state index in [2.05, 4.69) is 15.1 Å². The van der Waals surface area contributed by atoms with Gasteiger partial charge in [0.15, 0.2) is 0 Å². The number of benzene rings is 2. The van der Waals surface area contributed by atoms with Gasteiger partial charge in [-0.2, -0.15) is 31.3 Å². The smallest absolute Gasteiger partial charge is 0.419 e. The highest BCUT2D eigenvalue weighted by Crippen LogP contribution is 2.40. The fourth-order valence-corrected chi connectivity index (χ4v) is 3.40. The summed E-state index contributed by atoms with van der Waals surface area (Å²) in [6.45, 7) is 3.32. The van der Waals surface area contributed by atoms with Crippen molar-refractivity contribution >= 4 is 0 Å². The van der Waals surface area contributed by atoms with Gasteiger partial charge in [-0.05, 0) is 43.7 Å². The van der Waals surface area contributed by atoms with Crippen LogP contribution in [-0.4, -0.2) is 25.8 Å². The first kappa shape index (κ1) is 24.3. The molecule has 0 aliphatic heterocycles. The van der Waals surface area contributed by atoms with Crippen LogP contribution >= 0.6 is 0 Å². The second-order valence-corrected chi connectivity index (χ2v) is 7.91. The second kappa shape index (κ2) is 9.08. The molecule has 0 saturated heterocycles. The Labute approximate surface area is 195 Å². The highest BCUT2D eigenvalue weighted by atomic mass is 19.4. The van der Waals surface area contributed by atoms with Crippen molar-refractivity contribution in [1.29, 1.82) is 0 Å². The molecule has 0 fully saturated rings. The Morgan fingerprint density at radius 3 is 2.34 bits per heavy atom. The Balaban J connectivity index is 1.71. The number of hydrogen-bond acceptors (Lipinski definition) is 5. The Bertz CT molecular complexity index is 1310. The molecule has 0 atom stereocenters. The molecule has 0 amide bonds. The van der Waals surface area contributed by atoms with Crippen LogP contribution in [0.5, 0.6) is 5.75 Å². The molecule has 35 heavy (non-hydrogen) atoms. The van der Waals surface area contributed by atoms with Crippen LogP contribution in [0.1, 0.15) is 30.5 Å². The van der Waals surface area contributed by atoms with E-state index in [1.165, 1.54) is 30.7 Å². The third kappa shape index (κ3) is 5.47. The molecule has 0 unspecified atom stereocenters. The van der Waals surface area contributed by atoms with Gasteiger partial charge in [0.25, 0.3) is 5.89 Å². The number of imidazole rings is 1. The summed E-state index contributed by atoms with van der Waals surface area (Å²) >= 11 is 0. The van der Waals surface area contributed by atoms with Crippen molar-refractivity contribution in [1.82, 2.24) is 19.7 Å². The van der Waals surface area contributed by atoms with Crippen LogP contribution in [0.25, 0.3) is 22.8 Å². The average Bonchev–Trinajstić information content (AvgIpc) is 3.44. The molecule has 0 spiro atoms. The molecular formula is C23H18F6N4O2. The molecule has 0 bridgehead atoms. The molecular weight excluding hydrogens is 478 g/mol. The quantitative estimate of drug-likeness (QED) is 0.286. The largest absolute Gasteiger partial charge is 0.490 e. The minimum absolute atomic E-state index is 0.113. The lowest BCUT2D eigenvalue weighted by molar-refractivity contribution is -0.139. The molecule has 0 saturated carbocycles. The van der Waals surface area contributed by atoms with E-state index in [0.29, 0.717) is 5.56 Å². The minimum atomic E-state index is -4.74. The van der Waals surface area contributed by atoms with Crippen molar-refractivity contribution in [3.05, 3.63) is 71.8 Å². The maximum Gasteiger partial charge on any atom is 0.419 e. The molecule has 0 radical (unpaired) electrons. The lowest BCUT2D eigenvalue weighted by Gasteiger charge is -2.16. The molecule has 6 nitrogen and oxygen atoms in total. The third-order valence-electron chi connectivity index (χ3n) is 4.88. The summed E-state index contributed by atoms with van der Waals surface area (Å²) in [5, 5.41) is 3.59. The second-order valence-electron chi connectivity index (χ2n) is 7.91. The summed E-state index contributed by atoms with van der Waals surface area (Å²) in [4.78, 5) is 7.80. The monoisotopic (exact) mass is 496 g/mol. The fourth-order valence-electron chi connectivity index (χ4n) is 3.40. The van der Waals surface area contributed by atoms with Crippen molar-refractivity contribution in [2.45, 2.75) is 38.8 Å². The zero-order valence-corrected chi connectivity index (χ0v) is 18.4. The Morgan fingerprint density at radius 2 is 1.71 bits per heavy atom. The number of hydrogen-bond donors (Lipinski definition) is 0. The zero-order chi connectivity index (χ0) is 25.4. The number of aromatic nitrogens is 4. The highest BCUT2D eigenvalue weighted by Gasteiger charge is 2.37. The molecule has 2 heterocycles. The normalized spacial score (nSPS) is 12.4. The summed E-state index contributed by atoms with van der Waals surface area (Å²) in [5.74, 6) is -1.15. The third-order valence-corrected chi connectivity index (χ3v) is 4.88. The van der Waals surface area contributed by atoms with Gasteiger partial charge in [-0.1, -0.05) is 17.3 Å². The summed E-state index contributed by atoms with van der Waals surface area (Å²) < 4.78 is 93.9. The number of ether oxygens (including phenoxy) is 1. The topological polar surface area (TPSA) is 66.0 Å². The lowest BCUT2D eigenvalue weighted by Crippen LogP contribution is -2.13. The van der Waals surface area contributed by atoms with Crippen molar-refractivity contribution in [3.8, 4) is 28.6 Å².